The number of aromatic nitrogens is 1. The van der Waals surface area contributed by atoms with E-state index in [2.05, 4.69) is 0 Å². The van der Waals surface area contributed by atoms with Crippen molar-refractivity contribution in [2.45, 2.75) is 19.1 Å². The molecule has 1 atom stereocenters. The van der Waals surface area contributed by atoms with Gasteiger partial charge < -0.3 is 14.4 Å². The highest BCUT2D eigenvalue weighted by atomic mass is 16.7. The molecule has 0 aliphatic carbocycles. The van der Waals surface area contributed by atoms with Crippen LogP contribution in [0.1, 0.15) is 34.3 Å². The van der Waals surface area contributed by atoms with Gasteiger partial charge >= 0.3 is 6.16 Å². The molecule has 0 radical (unpaired) electrons. The summed E-state index contributed by atoms with van der Waals surface area (Å²) in [5, 5.41) is 8.70. The van der Waals surface area contributed by atoms with Gasteiger partial charge in [0.15, 0.2) is 0 Å². The average Bonchev–Trinajstić information content (AvgIpc) is 3.02. The molecule has 0 bridgehead atoms. The Labute approximate surface area is 115 Å². The summed E-state index contributed by atoms with van der Waals surface area (Å²) >= 11 is 0. The molecule has 2 aromatic rings. The van der Waals surface area contributed by atoms with E-state index < -0.39 is 12.3 Å². The Morgan fingerprint density at radius 1 is 1.15 bits per heavy atom. The lowest BCUT2D eigenvalue weighted by molar-refractivity contribution is 0.0519. The zero-order chi connectivity index (χ0) is 14.1. The van der Waals surface area contributed by atoms with Crippen molar-refractivity contribution in [2.24, 2.45) is 0 Å². The maximum atomic E-state index is 12.4. The largest absolute Gasteiger partial charge is 0.506 e. The average molecular weight is 271 g/mol. The van der Waals surface area contributed by atoms with Gasteiger partial charge in [0.25, 0.3) is 0 Å². The third-order valence-electron chi connectivity index (χ3n) is 3.47. The molecule has 1 aliphatic rings. The van der Waals surface area contributed by atoms with Crippen LogP contribution in [0.5, 0.6) is 0 Å². The van der Waals surface area contributed by atoms with Gasteiger partial charge in [0.05, 0.1) is 11.4 Å². The molecule has 5 nitrogen and oxygen atoms in total. The lowest BCUT2D eigenvalue weighted by Crippen LogP contribution is -2.09. The van der Waals surface area contributed by atoms with Crippen molar-refractivity contribution in [1.29, 1.82) is 0 Å². The number of nitrogens with zero attached hydrogens (tertiary/aromatic N) is 1. The standard InChI is InChI=1S/C15H13NO4/c17-14(10-4-2-1-3-5-10)12-7-6-11-13(20-15(18)19)8-9-16(11)12/h1-7,13H,8-9H2,(H,18,19). The molecule has 0 saturated heterocycles. The first-order valence-electron chi connectivity index (χ1n) is 6.35. The van der Waals surface area contributed by atoms with Gasteiger partial charge in [0.2, 0.25) is 5.78 Å². The monoisotopic (exact) mass is 271 g/mol. The van der Waals surface area contributed by atoms with Crippen LogP contribution in [0.3, 0.4) is 0 Å². The number of fused-ring (bicyclic) bond motifs is 1. The van der Waals surface area contributed by atoms with Crippen LogP contribution in [0.4, 0.5) is 4.79 Å². The van der Waals surface area contributed by atoms with E-state index in [0.29, 0.717) is 24.2 Å². The summed E-state index contributed by atoms with van der Waals surface area (Å²) in [7, 11) is 0. The van der Waals surface area contributed by atoms with Gasteiger partial charge in [-0.15, -0.1) is 0 Å². The Balaban J connectivity index is 1.91. The molecule has 0 amide bonds. The van der Waals surface area contributed by atoms with Crippen LogP contribution in [0.15, 0.2) is 42.5 Å². The van der Waals surface area contributed by atoms with Crippen molar-refractivity contribution in [3.05, 3.63) is 59.4 Å². The first-order valence-corrected chi connectivity index (χ1v) is 6.35. The van der Waals surface area contributed by atoms with E-state index >= 15 is 0 Å². The lowest BCUT2D eigenvalue weighted by atomic mass is 10.1. The van der Waals surface area contributed by atoms with Gasteiger partial charge in [0, 0.05) is 18.5 Å². The third-order valence-corrected chi connectivity index (χ3v) is 3.47. The highest BCUT2D eigenvalue weighted by Gasteiger charge is 2.29. The Morgan fingerprint density at radius 2 is 1.90 bits per heavy atom. The molecule has 1 unspecified atom stereocenters. The van der Waals surface area contributed by atoms with Crippen LogP contribution in [0.25, 0.3) is 0 Å². The van der Waals surface area contributed by atoms with E-state index in [1.54, 1.807) is 24.3 Å². The molecule has 1 aliphatic heterocycles. The summed E-state index contributed by atoms with van der Waals surface area (Å²) in [6.07, 6.45) is -1.21. The van der Waals surface area contributed by atoms with Gasteiger partial charge in [-0.3, -0.25) is 4.79 Å². The van der Waals surface area contributed by atoms with Gasteiger partial charge in [-0.2, -0.15) is 0 Å². The highest BCUT2D eigenvalue weighted by Crippen LogP contribution is 2.32. The quantitative estimate of drug-likeness (QED) is 0.688. The number of rotatable bonds is 3. The Kier molecular flexibility index (Phi) is 3.02. The van der Waals surface area contributed by atoms with Crippen molar-refractivity contribution in [2.75, 3.05) is 0 Å². The number of carbonyl (C=O) groups is 2. The van der Waals surface area contributed by atoms with E-state index in [1.807, 2.05) is 22.8 Å². The second-order valence-corrected chi connectivity index (χ2v) is 4.65. The normalized spacial score (nSPS) is 16.7. The van der Waals surface area contributed by atoms with Crippen LogP contribution < -0.4 is 0 Å². The Bertz CT molecular complexity index is 660. The lowest BCUT2D eigenvalue weighted by Gasteiger charge is -2.07. The minimum Gasteiger partial charge on any atom is -0.450 e. The molecule has 2 heterocycles. The molecule has 0 fully saturated rings. The Morgan fingerprint density at radius 3 is 2.60 bits per heavy atom. The first kappa shape index (κ1) is 12.5. The van der Waals surface area contributed by atoms with Crippen LogP contribution in [-0.2, 0) is 11.3 Å². The van der Waals surface area contributed by atoms with Crippen LogP contribution in [0.2, 0.25) is 0 Å². The second kappa shape index (κ2) is 4.85. The SMILES string of the molecule is O=C(O)OC1CCn2c(C(=O)c3ccccc3)ccc21. The van der Waals surface area contributed by atoms with E-state index in [1.165, 1.54) is 0 Å². The van der Waals surface area contributed by atoms with Crippen LogP contribution in [0, 0.1) is 0 Å². The third kappa shape index (κ3) is 2.07. The van der Waals surface area contributed by atoms with Crippen molar-refractivity contribution in [3.8, 4) is 0 Å². The minimum absolute atomic E-state index is 0.0622. The molecule has 1 aromatic heterocycles. The molecule has 20 heavy (non-hydrogen) atoms. The molecule has 1 aromatic carbocycles. The van der Waals surface area contributed by atoms with E-state index in [-0.39, 0.29) is 5.78 Å². The summed E-state index contributed by atoms with van der Waals surface area (Å²) in [5.41, 5.74) is 1.94. The molecule has 102 valence electrons. The number of ketones is 1. The summed E-state index contributed by atoms with van der Waals surface area (Å²) in [4.78, 5) is 23.0. The molecule has 5 heteroatoms. The molecular formula is C15H13NO4. The fourth-order valence-corrected chi connectivity index (χ4v) is 2.58. The summed E-state index contributed by atoms with van der Waals surface area (Å²) in [6.45, 7) is 0.591. The van der Waals surface area contributed by atoms with Crippen molar-refractivity contribution in [1.82, 2.24) is 4.57 Å². The molecule has 1 N–H and O–H groups in total. The summed E-state index contributed by atoms with van der Waals surface area (Å²) < 4.78 is 6.66. The van der Waals surface area contributed by atoms with Crippen LogP contribution >= 0.6 is 0 Å². The second-order valence-electron chi connectivity index (χ2n) is 4.65. The first-order chi connectivity index (χ1) is 9.66. The predicted molar refractivity (Wildman–Crippen MR) is 70.8 cm³/mol. The topological polar surface area (TPSA) is 68.5 Å². The number of hydrogen-bond donors (Lipinski definition) is 1. The zero-order valence-electron chi connectivity index (χ0n) is 10.7. The highest BCUT2D eigenvalue weighted by molar-refractivity contribution is 6.08. The molecular weight excluding hydrogens is 258 g/mol. The number of benzene rings is 1. The maximum Gasteiger partial charge on any atom is 0.506 e. The number of carbonyl (C=O) groups excluding carboxylic acids is 1. The van der Waals surface area contributed by atoms with E-state index in [9.17, 15) is 9.59 Å². The smallest absolute Gasteiger partial charge is 0.450 e. The van der Waals surface area contributed by atoms with Crippen molar-refractivity contribution >= 4 is 11.9 Å². The van der Waals surface area contributed by atoms with Crippen molar-refractivity contribution in [3.63, 3.8) is 0 Å². The molecule has 0 saturated carbocycles. The summed E-state index contributed by atoms with van der Waals surface area (Å²) in [6, 6.07) is 12.5. The van der Waals surface area contributed by atoms with E-state index in [0.717, 1.165) is 5.69 Å². The van der Waals surface area contributed by atoms with Crippen molar-refractivity contribution < 1.29 is 19.4 Å². The number of ether oxygens (including phenoxy) is 1. The molecule has 0 spiro atoms. The fraction of sp³-hybridized carbons (Fsp3) is 0.200. The maximum absolute atomic E-state index is 12.4. The minimum atomic E-state index is -1.29. The van der Waals surface area contributed by atoms with Crippen LogP contribution in [-0.4, -0.2) is 21.6 Å². The van der Waals surface area contributed by atoms with Gasteiger partial charge in [0.1, 0.15) is 6.10 Å². The Hall–Kier alpha value is -2.56. The molecule has 3 rings (SSSR count). The van der Waals surface area contributed by atoms with Gasteiger partial charge in [-0.1, -0.05) is 30.3 Å². The predicted octanol–water partition coefficient (Wildman–Crippen LogP) is 2.86. The number of carboxylic acid groups (broad SMARTS) is 1. The van der Waals surface area contributed by atoms with E-state index in [4.69, 9.17) is 9.84 Å². The van der Waals surface area contributed by atoms with Gasteiger partial charge in [-0.05, 0) is 12.1 Å². The summed E-state index contributed by atoms with van der Waals surface area (Å²) in [5.74, 6) is -0.0622. The van der Waals surface area contributed by atoms with Gasteiger partial charge in [-0.25, -0.2) is 4.79 Å². The zero-order valence-corrected chi connectivity index (χ0v) is 10.7. The number of hydrogen-bond acceptors (Lipinski definition) is 3. The fourth-order valence-electron chi connectivity index (χ4n) is 2.58.